The Morgan fingerprint density at radius 2 is 1.88 bits per heavy atom. The SMILES string of the molecule is CCCNC(=O)[C@@H]1CN(C(=O)c2cccc(Cl)c2)C[C@H]1c1ccccc1. The normalized spacial score (nSPS) is 19.4. The second-order valence-corrected chi connectivity index (χ2v) is 7.07. The molecular formula is C21H23ClN2O2. The third-order valence-corrected chi connectivity index (χ3v) is 5.03. The van der Waals surface area contributed by atoms with E-state index in [4.69, 9.17) is 11.6 Å². The molecule has 2 atom stereocenters. The van der Waals surface area contributed by atoms with E-state index >= 15 is 0 Å². The first-order valence-electron chi connectivity index (χ1n) is 8.97. The second-order valence-electron chi connectivity index (χ2n) is 6.64. The molecule has 0 radical (unpaired) electrons. The number of amides is 2. The zero-order valence-corrected chi connectivity index (χ0v) is 15.6. The van der Waals surface area contributed by atoms with E-state index < -0.39 is 0 Å². The smallest absolute Gasteiger partial charge is 0.253 e. The lowest BCUT2D eigenvalue weighted by molar-refractivity contribution is -0.124. The molecule has 26 heavy (non-hydrogen) atoms. The van der Waals surface area contributed by atoms with Crippen molar-refractivity contribution < 1.29 is 9.59 Å². The number of carbonyl (C=O) groups is 2. The number of benzene rings is 2. The molecule has 3 rings (SSSR count). The minimum atomic E-state index is -0.243. The first kappa shape index (κ1) is 18.5. The van der Waals surface area contributed by atoms with Crippen LogP contribution in [0.15, 0.2) is 54.6 Å². The maximum absolute atomic E-state index is 12.9. The van der Waals surface area contributed by atoms with Gasteiger partial charge in [-0.2, -0.15) is 0 Å². The maximum Gasteiger partial charge on any atom is 0.253 e. The molecule has 4 nitrogen and oxygen atoms in total. The lowest BCUT2D eigenvalue weighted by Gasteiger charge is -2.17. The fraction of sp³-hybridized carbons (Fsp3) is 0.333. The van der Waals surface area contributed by atoms with Crippen molar-refractivity contribution in [2.45, 2.75) is 19.3 Å². The molecule has 1 aliphatic heterocycles. The van der Waals surface area contributed by atoms with Crippen LogP contribution in [0.25, 0.3) is 0 Å². The summed E-state index contributed by atoms with van der Waals surface area (Å²) in [7, 11) is 0. The highest BCUT2D eigenvalue weighted by molar-refractivity contribution is 6.30. The number of likely N-dealkylation sites (tertiary alicyclic amines) is 1. The van der Waals surface area contributed by atoms with Crippen molar-refractivity contribution in [2.24, 2.45) is 5.92 Å². The van der Waals surface area contributed by atoms with Gasteiger partial charge in [0.2, 0.25) is 5.91 Å². The fourth-order valence-electron chi connectivity index (χ4n) is 3.46. The molecule has 1 N–H and O–H groups in total. The van der Waals surface area contributed by atoms with Gasteiger partial charge in [0.05, 0.1) is 5.92 Å². The van der Waals surface area contributed by atoms with Crippen LogP contribution in [0.1, 0.15) is 35.2 Å². The van der Waals surface area contributed by atoms with Gasteiger partial charge in [-0.15, -0.1) is 0 Å². The van der Waals surface area contributed by atoms with Crippen molar-refractivity contribution in [1.29, 1.82) is 0 Å². The molecule has 2 aromatic rings. The van der Waals surface area contributed by atoms with Crippen molar-refractivity contribution in [2.75, 3.05) is 19.6 Å². The molecule has 136 valence electrons. The molecule has 1 saturated heterocycles. The Balaban J connectivity index is 1.83. The quantitative estimate of drug-likeness (QED) is 0.871. The highest BCUT2D eigenvalue weighted by Gasteiger charge is 2.40. The Morgan fingerprint density at radius 1 is 1.12 bits per heavy atom. The number of carbonyl (C=O) groups excluding carboxylic acids is 2. The standard InChI is InChI=1S/C21H23ClN2O2/c1-2-11-23-20(25)19-14-24(13-18(19)15-7-4-3-5-8-15)21(26)16-9-6-10-17(22)12-16/h3-10,12,18-19H,2,11,13-14H2,1H3,(H,23,25)/t18-,19+/m0/s1. The molecular weight excluding hydrogens is 348 g/mol. The van der Waals surface area contributed by atoms with Gasteiger partial charge in [-0.05, 0) is 30.2 Å². The van der Waals surface area contributed by atoms with Gasteiger partial charge < -0.3 is 10.2 Å². The summed E-state index contributed by atoms with van der Waals surface area (Å²) >= 11 is 6.02. The lowest BCUT2D eigenvalue weighted by Crippen LogP contribution is -2.36. The Kier molecular flexibility index (Phi) is 5.94. The molecule has 0 spiro atoms. The van der Waals surface area contributed by atoms with Crippen molar-refractivity contribution >= 4 is 23.4 Å². The molecule has 0 saturated carbocycles. The van der Waals surface area contributed by atoms with Crippen LogP contribution in [0.2, 0.25) is 5.02 Å². The summed E-state index contributed by atoms with van der Waals surface area (Å²) in [5.41, 5.74) is 1.64. The largest absolute Gasteiger partial charge is 0.356 e. The molecule has 1 heterocycles. The van der Waals surface area contributed by atoms with Crippen LogP contribution in [0.5, 0.6) is 0 Å². The number of hydrogen-bond donors (Lipinski definition) is 1. The van der Waals surface area contributed by atoms with E-state index in [1.54, 1.807) is 29.2 Å². The average Bonchev–Trinajstić information content (AvgIpc) is 3.11. The third-order valence-electron chi connectivity index (χ3n) is 4.79. The number of rotatable bonds is 5. The minimum Gasteiger partial charge on any atom is -0.356 e. The van der Waals surface area contributed by atoms with Gasteiger partial charge in [0.25, 0.3) is 5.91 Å². The Morgan fingerprint density at radius 3 is 2.58 bits per heavy atom. The molecule has 0 bridgehead atoms. The van der Waals surface area contributed by atoms with Crippen molar-refractivity contribution in [3.05, 3.63) is 70.7 Å². The molecule has 0 aromatic heterocycles. The molecule has 0 unspecified atom stereocenters. The number of nitrogens with zero attached hydrogens (tertiary/aromatic N) is 1. The Hall–Kier alpha value is -2.33. The van der Waals surface area contributed by atoms with E-state index in [1.807, 2.05) is 37.3 Å². The number of halogens is 1. The van der Waals surface area contributed by atoms with E-state index in [1.165, 1.54) is 0 Å². The van der Waals surface area contributed by atoms with Crippen molar-refractivity contribution in [3.63, 3.8) is 0 Å². The van der Waals surface area contributed by atoms with Crippen LogP contribution in [0, 0.1) is 5.92 Å². The van der Waals surface area contributed by atoms with Crippen LogP contribution in [-0.2, 0) is 4.79 Å². The molecule has 2 aromatic carbocycles. The Bertz CT molecular complexity index is 779. The zero-order valence-electron chi connectivity index (χ0n) is 14.8. The van der Waals surface area contributed by atoms with E-state index in [0.29, 0.717) is 30.2 Å². The van der Waals surface area contributed by atoms with Crippen LogP contribution < -0.4 is 5.32 Å². The number of nitrogens with one attached hydrogen (secondary N) is 1. The molecule has 0 aliphatic carbocycles. The van der Waals surface area contributed by atoms with Crippen LogP contribution in [0.3, 0.4) is 0 Å². The van der Waals surface area contributed by atoms with Gasteiger partial charge in [-0.25, -0.2) is 0 Å². The van der Waals surface area contributed by atoms with Crippen molar-refractivity contribution in [1.82, 2.24) is 10.2 Å². The summed E-state index contributed by atoms with van der Waals surface area (Å²) in [5, 5.41) is 3.52. The summed E-state index contributed by atoms with van der Waals surface area (Å²) in [4.78, 5) is 27.3. The van der Waals surface area contributed by atoms with Gasteiger partial charge in [0.15, 0.2) is 0 Å². The zero-order chi connectivity index (χ0) is 18.5. The predicted octanol–water partition coefficient (Wildman–Crippen LogP) is 3.72. The van der Waals surface area contributed by atoms with Crippen LogP contribution in [0.4, 0.5) is 0 Å². The summed E-state index contributed by atoms with van der Waals surface area (Å²) in [6.45, 7) is 3.62. The van der Waals surface area contributed by atoms with Crippen LogP contribution >= 0.6 is 11.6 Å². The minimum absolute atomic E-state index is 0.00353. The van der Waals surface area contributed by atoms with Gasteiger partial charge in [0.1, 0.15) is 0 Å². The highest BCUT2D eigenvalue weighted by atomic mass is 35.5. The lowest BCUT2D eigenvalue weighted by atomic mass is 9.88. The summed E-state index contributed by atoms with van der Waals surface area (Å²) in [6.07, 6.45) is 0.889. The van der Waals surface area contributed by atoms with E-state index in [0.717, 1.165) is 12.0 Å². The second kappa shape index (κ2) is 8.37. The average molecular weight is 371 g/mol. The maximum atomic E-state index is 12.9. The summed E-state index contributed by atoms with van der Waals surface area (Å²) < 4.78 is 0. The monoisotopic (exact) mass is 370 g/mol. The van der Waals surface area contributed by atoms with Crippen molar-refractivity contribution in [3.8, 4) is 0 Å². The Labute approximate surface area is 159 Å². The summed E-state index contributed by atoms with van der Waals surface area (Å²) in [6, 6.07) is 16.9. The van der Waals surface area contributed by atoms with Gasteiger partial charge in [0, 0.05) is 36.1 Å². The van der Waals surface area contributed by atoms with Crippen LogP contribution in [-0.4, -0.2) is 36.3 Å². The summed E-state index contributed by atoms with van der Waals surface area (Å²) in [5.74, 6) is -0.315. The molecule has 5 heteroatoms. The van der Waals surface area contributed by atoms with E-state index in [2.05, 4.69) is 5.32 Å². The van der Waals surface area contributed by atoms with Gasteiger partial charge in [-0.3, -0.25) is 9.59 Å². The molecule has 1 fully saturated rings. The number of hydrogen-bond acceptors (Lipinski definition) is 2. The predicted molar refractivity (Wildman–Crippen MR) is 103 cm³/mol. The molecule has 1 aliphatic rings. The first-order chi connectivity index (χ1) is 12.6. The van der Waals surface area contributed by atoms with E-state index in [-0.39, 0.29) is 23.7 Å². The third kappa shape index (κ3) is 4.07. The highest BCUT2D eigenvalue weighted by Crippen LogP contribution is 2.33. The molecule has 2 amide bonds. The van der Waals surface area contributed by atoms with E-state index in [9.17, 15) is 9.59 Å². The van der Waals surface area contributed by atoms with Gasteiger partial charge in [-0.1, -0.05) is 54.9 Å². The topological polar surface area (TPSA) is 49.4 Å². The van der Waals surface area contributed by atoms with Gasteiger partial charge >= 0.3 is 0 Å². The fourth-order valence-corrected chi connectivity index (χ4v) is 3.65. The first-order valence-corrected chi connectivity index (χ1v) is 9.35.